The van der Waals surface area contributed by atoms with Gasteiger partial charge in [0.2, 0.25) is 5.91 Å². The molecule has 2 aliphatic rings. The van der Waals surface area contributed by atoms with Gasteiger partial charge < -0.3 is 10.6 Å². The zero-order valence-electron chi connectivity index (χ0n) is 13.4. The lowest BCUT2D eigenvalue weighted by Crippen LogP contribution is -2.50. The van der Waals surface area contributed by atoms with Gasteiger partial charge in [-0.2, -0.15) is 0 Å². The zero-order chi connectivity index (χ0) is 15.3. The highest BCUT2D eigenvalue weighted by atomic mass is 32.1. The Hall–Kier alpha value is -0.640. The first kappa shape index (κ1) is 16.7. The first-order valence-electron chi connectivity index (χ1n) is 8.62. The molecule has 0 spiro atoms. The van der Waals surface area contributed by atoms with Crippen LogP contribution in [0.1, 0.15) is 70.6 Å². The molecule has 0 aromatic carbocycles. The van der Waals surface area contributed by atoms with Gasteiger partial charge in [0.15, 0.2) is 0 Å². The van der Waals surface area contributed by atoms with E-state index in [0.29, 0.717) is 10.9 Å². The van der Waals surface area contributed by atoms with Crippen molar-refractivity contribution in [1.82, 2.24) is 4.90 Å². The normalized spacial score (nSPS) is 23.3. The average Bonchev–Trinajstić information content (AvgIpc) is 2.74. The van der Waals surface area contributed by atoms with E-state index in [0.717, 1.165) is 32.2 Å². The van der Waals surface area contributed by atoms with Gasteiger partial charge in [-0.05, 0) is 31.6 Å². The summed E-state index contributed by atoms with van der Waals surface area (Å²) in [6.07, 6.45) is 12.7. The minimum Gasteiger partial charge on any atom is -0.392 e. The Morgan fingerprint density at radius 3 is 2.14 bits per heavy atom. The van der Waals surface area contributed by atoms with Crippen molar-refractivity contribution in [2.24, 2.45) is 17.1 Å². The van der Waals surface area contributed by atoms with E-state index in [-0.39, 0.29) is 5.91 Å². The van der Waals surface area contributed by atoms with E-state index in [1.165, 1.54) is 44.9 Å². The van der Waals surface area contributed by atoms with Crippen LogP contribution in [0.4, 0.5) is 0 Å². The Bertz CT molecular complexity index is 369. The lowest BCUT2D eigenvalue weighted by Gasteiger charge is -2.36. The van der Waals surface area contributed by atoms with Gasteiger partial charge in [0, 0.05) is 13.6 Å². The lowest BCUT2D eigenvalue weighted by molar-refractivity contribution is -0.138. The van der Waals surface area contributed by atoms with Gasteiger partial charge in [0.1, 0.15) is 0 Å². The molecule has 3 nitrogen and oxygen atoms in total. The SMILES string of the molecule is CN(CC1CCCCC1)C(=O)C1(C(N)=S)CCCCCC1. The number of amides is 1. The van der Waals surface area contributed by atoms with Crippen molar-refractivity contribution in [1.29, 1.82) is 0 Å². The lowest BCUT2D eigenvalue weighted by atomic mass is 9.78. The molecule has 2 fully saturated rings. The minimum absolute atomic E-state index is 0.183. The smallest absolute Gasteiger partial charge is 0.235 e. The number of thiocarbonyl (C=S) groups is 1. The molecule has 0 saturated heterocycles. The molecule has 0 unspecified atom stereocenters. The van der Waals surface area contributed by atoms with Crippen molar-refractivity contribution in [3.8, 4) is 0 Å². The number of rotatable bonds is 4. The first-order chi connectivity index (χ1) is 10.1. The molecule has 2 saturated carbocycles. The van der Waals surface area contributed by atoms with Crippen molar-refractivity contribution in [2.75, 3.05) is 13.6 Å². The molecule has 0 aromatic rings. The van der Waals surface area contributed by atoms with Gasteiger partial charge in [-0.15, -0.1) is 0 Å². The minimum atomic E-state index is -0.560. The number of nitrogens with zero attached hydrogens (tertiary/aromatic N) is 1. The fourth-order valence-electron chi connectivity index (χ4n) is 4.10. The summed E-state index contributed by atoms with van der Waals surface area (Å²) in [5, 5.41) is 0. The zero-order valence-corrected chi connectivity index (χ0v) is 14.2. The summed E-state index contributed by atoms with van der Waals surface area (Å²) >= 11 is 5.32. The van der Waals surface area contributed by atoms with Crippen molar-refractivity contribution in [3.05, 3.63) is 0 Å². The van der Waals surface area contributed by atoms with Crippen molar-refractivity contribution >= 4 is 23.1 Å². The van der Waals surface area contributed by atoms with Gasteiger partial charge >= 0.3 is 0 Å². The maximum Gasteiger partial charge on any atom is 0.235 e. The number of hydrogen-bond donors (Lipinski definition) is 1. The summed E-state index contributed by atoms with van der Waals surface area (Å²) in [6.45, 7) is 0.878. The quantitative estimate of drug-likeness (QED) is 0.637. The third-order valence-corrected chi connectivity index (χ3v) is 5.83. The predicted molar refractivity (Wildman–Crippen MR) is 91.1 cm³/mol. The van der Waals surface area contributed by atoms with Crippen LogP contribution in [0.2, 0.25) is 0 Å². The summed E-state index contributed by atoms with van der Waals surface area (Å²) in [4.78, 5) is 15.4. The molecular weight excluding hydrogens is 280 g/mol. The van der Waals surface area contributed by atoms with Crippen LogP contribution < -0.4 is 5.73 Å². The van der Waals surface area contributed by atoms with Crippen LogP contribution in [-0.2, 0) is 4.79 Å². The summed E-state index contributed by atoms with van der Waals surface area (Å²) in [7, 11) is 1.95. The van der Waals surface area contributed by atoms with E-state index in [1.54, 1.807) is 0 Å². The molecule has 120 valence electrons. The van der Waals surface area contributed by atoms with Crippen molar-refractivity contribution < 1.29 is 4.79 Å². The molecule has 0 radical (unpaired) electrons. The highest BCUT2D eigenvalue weighted by molar-refractivity contribution is 7.80. The molecular formula is C17H30N2OS. The molecule has 2 aliphatic carbocycles. The number of carbonyl (C=O) groups excluding carboxylic acids is 1. The molecule has 0 aliphatic heterocycles. The monoisotopic (exact) mass is 310 g/mol. The van der Waals surface area contributed by atoms with E-state index in [1.807, 2.05) is 11.9 Å². The second kappa shape index (κ2) is 7.57. The molecule has 0 bridgehead atoms. The average molecular weight is 311 g/mol. The largest absolute Gasteiger partial charge is 0.392 e. The highest BCUT2D eigenvalue weighted by Gasteiger charge is 2.43. The Morgan fingerprint density at radius 1 is 1.10 bits per heavy atom. The number of hydrogen-bond acceptors (Lipinski definition) is 2. The highest BCUT2D eigenvalue weighted by Crippen LogP contribution is 2.37. The predicted octanol–water partition coefficient (Wildman–Crippen LogP) is 3.65. The van der Waals surface area contributed by atoms with Crippen LogP contribution in [-0.4, -0.2) is 29.4 Å². The Labute approximate surface area is 134 Å². The molecule has 2 rings (SSSR count). The molecule has 0 heterocycles. The van der Waals surface area contributed by atoms with E-state index < -0.39 is 5.41 Å². The Balaban J connectivity index is 2.04. The summed E-state index contributed by atoms with van der Waals surface area (Å²) in [5.74, 6) is 0.851. The van der Waals surface area contributed by atoms with Crippen molar-refractivity contribution in [2.45, 2.75) is 70.6 Å². The van der Waals surface area contributed by atoms with Crippen LogP contribution in [0.5, 0.6) is 0 Å². The van der Waals surface area contributed by atoms with Gasteiger partial charge in [0.25, 0.3) is 0 Å². The van der Waals surface area contributed by atoms with Gasteiger partial charge in [0.05, 0.1) is 10.4 Å². The molecule has 2 N–H and O–H groups in total. The molecule has 0 atom stereocenters. The summed E-state index contributed by atoms with van der Waals surface area (Å²) in [5.41, 5.74) is 5.47. The van der Waals surface area contributed by atoms with E-state index in [4.69, 9.17) is 18.0 Å². The summed E-state index contributed by atoms with van der Waals surface area (Å²) in [6, 6.07) is 0. The van der Waals surface area contributed by atoms with Crippen LogP contribution in [0.15, 0.2) is 0 Å². The molecule has 4 heteroatoms. The molecule has 1 amide bonds. The van der Waals surface area contributed by atoms with Crippen LogP contribution in [0, 0.1) is 11.3 Å². The van der Waals surface area contributed by atoms with Gasteiger partial charge in [-0.25, -0.2) is 0 Å². The Morgan fingerprint density at radius 2 is 1.62 bits per heavy atom. The first-order valence-corrected chi connectivity index (χ1v) is 9.02. The maximum atomic E-state index is 13.0. The fourth-order valence-corrected chi connectivity index (χ4v) is 4.39. The standard InChI is InChI=1S/C17H30N2OS/c1-19(13-14-9-5-4-6-10-14)16(20)17(15(18)21)11-7-2-3-8-12-17/h14H,2-13H2,1H3,(H2,18,21). The maximum absolute atomic E-state index is 13.0. The van der Waals surface area contributed by atoms with E-state index in [2.05, 4.69) is 0 Å². The van der Waals surface area contributed by atoms with Crippen LogP contribution in [0.3, 0.4) is 0 Å². The molecule has 21 heavy (non-hydrogen) atoms. The number of nitrogens with two attached hydrogens (primary N) is 1. The molecule has 0 aromatic heterocycles. The topological polar surface area (TPSA) is 46.3 Å². The second-order valence-corrected chi connectivity index (χ2v) is 7.49. The third kappa shape index (κ3) is 3.97. The van der Waals surface area contributed by atoms with E-state index >= 15 is 0 Å². The van der Waals surface area contributed by atoms with Gasteiger partial charge in [-0.3, -0.25) is 4.79 Å². The summed E-state index contributed by atoms with van der Waals surface area (Å²) < 4.78 is 0. The van der Waals surface area contributed by atoms with Crippen LogP contribution in [0.25, 0.3) is 0 Å². The number of carbonyl (C=O) groups is 1. The second-order valence-electron chi connectivity index (χ2n) is 7.05. The Kier molecular flexibility index (Phi) is 6.03. The fraction of sp³-hybridized carbons (Fsp3) is 0.882. The van der Waals surface area contributed by atoms with Crippen LogP contribution >= 0.6 is 12.2 Å². The van der Waals surface area contributed by atoms with E-state index in [9.17, 15) is 4.79 Å². The van der Waals surface area contributed by atoms with Crippen molar-refractivity contribution in [3.63, 3.8) is 0 Å². The third-order valence-electron chi connectivity index (χ3n) is 5.44. The van der Waals surface area contributed by atoms with Gasteiger partial charge in [-0.1, -0.05) is 57.2 Å².